The van der Waals surface area contributed by atoms with Gasteiger partial charge in [0.15, 0.2) is 0 Å². The van der Waals surface area contributed by atoms with Gasteiger partial charge in [-0.15, -0.1) is 0 Å². The number of benzene rings is 1. The highest BCUT2D eigenvalue weighted by Crippen LogP contribution is 2.39. The number of aliphatic hydroxyl groups is 1. The fourth-order valence-corrected chi connectivity index (χ4v) is 4.62. The molecule has 9 nitrogen and oxygen atoms in total. The summed E-state index contributed by atoms with van der Waals surface area (Å²) in [6.07, 6.45) is 0.0468. The van der Waals surface area contributed by atoms with Crippen molar-refractivity contribution >= 4 is 23.8 Å². The maximum Gasteiger partial charge on any atom is 0.410 e. The highest BCUT2D eigenvalue weighted by molar-refractivity contribution is 6.05. The molecule has 178 valence electrons. The molecule has 0 aromatic heterocycles. The fourth-order valence-electron chi connectivity index (χ4n) is 4.62. The van der Waals surface area contributed by atoms with E-state index in [1.165, 1.54) is 21.9 Å². The molecule has 0 saturated carbocycles. The second-order valence-corrected chi connectivity index (χ2v) is 9.85. The van der Waals surface area contributed by atoms with E-state index in [0.717, 1.165) is 0 Å². The van der Waals surface area contributed by atoms with Crippen LogP contribution < -0.4 is 5.32 Å². The number of amides is 4. The van der Waals surface area contributed by atoms with E-state index >= 15 is 4.39 Å². The lowest BCUT2D eigenvalue weighted by Crippen LogP contribution is -2.52. The highest BCUT2D eigenvalue weighted by Gasteiger charge is 2.44. The number of likely N-dealkylation sites (tertiary alicyclic amines) is 1. The van der Waals surface area contributed by atoms with Crippen LogP contribution in [0.4, 0.5) is 9.18 Å². The van der Waals surface area contributed by atoms with Crippen LogP contribution in [0.3, 0.4) is 0 Å². The van der Waals surface area contributed by atoms with E-state index in [2.05, 4.69) is 5.32 Å². The van der Waals surface area contributed by atoms with Gasteiger partial charge in [0.05, 0.1) is 12.1 Å². The van der Waals surface area contributed by atoms with Crippen LogP contribution >= 0.6 is 0 Å². The minimum atomic E-state index is -1.50. The average molecular weight is 461 g/mol. The maximum absolute atomic E-state index is 15.6. The molecule has 1 aromatic rings. The van der Waals surface area contributed by atoms with Crippen molar-refractivity contribution in [2.75, 3.05) is 13.1 Å². The molecule has 1 unspecified atom stereocenters. The van der Waals surface area contributed by atoms with Crippen LogP contribution in [-0.4, -0.2) is 63.5 Å². The Labute approximate surface area is 190 Å². The van der Waals surface area contributed by atoms with E-state index in [-0.39, 0.29) is 62.0 Å². The van der Waals surface area contributed by atoms with Crippen LogP contribution in [0.25, 0.3) is 0 Å². The first-order valence-electron chi connectivity index (χ1n) is 11.1. The summed E-state index contributed by atoms with van der Waals surface area (Å²) in [5.74, 6) is -2.12. The van der Waals surface area contributed by atoms with E-state index < -0.39 is 46.9 Å². The van der Waals surface area contributed by atoms with Crippen LogP contribution in [0.5, 0.6) is 0 Å². The average Bonchev–Trinajstić information content (AvgIpc) is 3.05. The smallest absolute Gasteiger partial charge is 0.410 e. The number of halogens is 1. The van der Waals surface area contributed by atoms with Crippen LogP contribution in [-0.2, 0) is 26.5 Å². The molecule has 2 fully saturated rings. The molecule has 3 aliphatic heterocycles. The number of piperidine rings is 2. The fraction of sp³-hybridized carbons (Fsp3) is 0.565. The lowest BCUT2D eigenvalue weighted by Gasteiger charge is -2.39. The van der Waals surface area contributed by atoms with Crippen molar-refractivity contribution in [3.05, 3.63) is 34.6 Å². The van der Waals surface area contributed by atoms with Gasteiger partial charge >= 0.3 is 6.09 Å². The molecule has 0 aliphatic carbocycles. The van der Waals surface area contributed by atoms with Crippen LogP contribution in [0.15, 0.2) is 12.1 Å². The summed E-state index contributed by atoms with van der Waals surface area (Å²) in [5.41, 5.74) is -1.79. The number of nitrogens with one attached hydrogen (secondary N) is 1. The number of ether oxygens (including phenoxy) is 1. The zero-order valence-electron chi connectivity index (χ0n) is 18.9. The standard InChI is InChI=1S/C23H28FN3O6/c1-22(2,3)33-21(31)26-10-8-23(32,9-11-26)15-5-4-13-14(18(15)24)12-27(20(13)30)16-6-7-17(28)25-19(16)29/h4-5,16,32H,6-12H2,1-3H3,(H,25,28,29). The summed E-state index contributed by atoms with van der Waals surface area (Å²) in [6.45, 7) is 5.59. The molecule has 1 atom stereocenters. The molecule has 1 aromatic carbocycles. The van der Waals surface area contributed by atoms with E-state index in [4.69, 9.17) is 4.74 Å². The third kappa shape index (κ3) is 4.31. The van der Waals surface area contributed by atoms with Crippen molar-refractivity contribution in [2.45, 2.75) is 70.2 Å². The third-order valence-electron chi connectivity index (χ3n) is 6.39. The molecule has 0 bridgehead atoms. The van der Waals surface area contributed by atoms with Gasteiger partial charge in [0.25, 0.3) is 5.91 Å². The van der Waals surface area contributed by atoms with E-state index in [0.29, 0.717) is 0 Å². The van der Waals surface area contributed by atoms with Gasteiger partial charge in [-0.1, -0.05) is 6.07 Å². The Morgan fingerprint density at radius 1 is 1.21 bits per heavy atom. The largest absolute Gasteiger partial charge is 0.444 e. The quantitative estimate of drug-likeness (QED) is 0.649. The predicted octanol–water partition coefficient (Wildman–Crippen LogP) is 1.81. The normalized spacial score (nSPS) is 22.8. The molecule has 4 rings (SSSR count). The Balaban J connectivity index is 1.51. The van der Waals surface area contributed by atoms with Crippen LogP contribution in [0, 0.1) is 5.82 Å². The van der Waals surface area contributed by atoms with Gasteiger partial charge in [-0.3, -0.25) is 19.7 Å². The Morgan fingerprint density at radius 3 is 2.48 bits per heavy atom. The number of imide groups is 1. The SMILES string of the molecule is CC(C)(C)OC(=O)N1CCC(O)(c2ccc3c(c2F)CN(C2CCC(=O)NC2=O)C3=O)CC1. The molecule has 0 spiro atoms. The van der Waals surface area contributed by atoms with Gasteiger partial charge in [0.2, 0.25) is 11.8 Å². The van der Waals surface area contributed by atoms with Gasteiger partial charge < -0.3 is 19.6 Å². The second kappa shape index (κ2) is 8.09. The summed E-state index contributed by atoms with van der Waals surface area (Å²) in [7, 11) is 0. The maximum atomic E-state index is 15.6. The molecule has 3 heterocycles. The van der Waals surface area contributed by atoms with Crippen LogP contribution in [0.2, 0.25) is 0 Å². The van der Waals surface area contributed by atoms with Crippen molar-refractivity contribution in [3.63, 3.8) is 0 Å². The lowest BCUT2D eigenvalue weighted by molar-refractivity contribution is -0.136. The monoisotopic (exact) mass is 461 g/mol. The van der Waals surface area contributed by atoms with Gasteiger partial charge in [-0.05, 0) is 46.1 Å². The molecule has 4 amide bonds. The molecule has 0 radical (unpaired) electrons. The van der Waals surface area contributed by atoms with Crippen molar-refractivity contribution in [1.29, 1.82) is 0 Å². The predicted molar refractivity (Wildman–Crippen MR) is 113 cm³/mol. The topological polar surface area (TPSA) is 116 Å². The van der Waals surface area contributed by atoms with Crippen molar-refractivity contribution in [3.8, 4) is 0 Å². The first-order valence-corrected chi connectivity index (χ1v) is 11.1. The summed E-state index contributed by atoms with van der Waals surface area (Å²) >= 11 is 0. The Morgan fingerprint density at radius 2 is 1.88 bits per heavy atom. The number of fused-ring (bicyclic) bond motifs is 1. The Hall–Kier alpha value is -3.01. The molecule has 2 N–H and O–H groups in total. The third-order valence-corrected chi connectivity index (χ3v) is 6.39. The lowest BCUT2D eigenvalue weighted by atomic mass is 9.83. The summed E-state index contributed by atoms with van der Waals surface area (Å²) in [5, 5.41) is 13.4. The number of carbonyl (C=O) groups is 4. The van der Waals surface area contributed by atoms with E-state index in [1.54, 1.807) is 20.8 Å². The van der Waals surface area contributed by atoms with Gasteiger partial charge in [0.1, 0.15) is 17.5 Å². The van der Waals surface area contributed by atoms with Gasteiger partial charge in [0, 0.05) is 36.2 Å². The van der Waals surface area contributed by atoms with Crippen molar-refractivity contribution in [1.82, 2.24) is 15.1 Å². The molecular weight excluding hydrogens is 433 g/mol. The van der Waals surface area contributed by atoms with Gasteiger partial charge in [-0.2, -0.15) is 0 Å². The number of rotatable bonds is 2. The molecular formula is C23H28FN3O6. The second-order valence-electron chi connectivity index (χ2n) is 9.85. The minimum absolute atomic E-state index is 0.0722. The van der Waals surface area contributed by atoms with E-state index in [1.807, 2.05) is 0 Å². The minimum Gasteiger partial charge on any atom is -0.444 e. The van der Waals surface area contributed by atoms with Crippen molar-refractivity contribution in [2.24, 2.45) is 0 Å². The molecule has 33 heavy (non-hydrogen) atoms. The van der Waals surface area contributed by atoms with Crippen molar-refractivity contribution < 1.29 is 33.4 Å². The molecule has 10 heteroatoms. The Kier molecular flexibility index (Phi) is 5.68. The van der Waals surface area contributed by atoms with E-state index in [9.17, 15) is 24.3 Å². The first kappa shape index (κ1) is 23.2. The summed E-state index contributed by atoms with van der Waals surface area (Å²) in [6, 6.07) is 2.04. The number of hydrogen-bond donors (Lipinski definition) is 2. The first-order chi connectivity index (χ1) is 15.4. The number of hydrogen-bond acceptors (Lipinski definition) is 6. The number of nitrogens with zero attached hydrogens (tertiary/aromatic N) is 2. The molecule has 3 aliphatic rings. The molecule has 2 saturated heterocycles. The van der Waals surface area contributed by atoms with Crippen LogP contribution in [0.1, 0.15) is 67.9 Å². The highest BCUT2D eigenvalue weighted by atomic mass is 19.1. The Bertz CT molecular complexity index is 1030. The zero-order valence-corrected chi connectivity index (χ0v) is 18.9. The summed E-state index contributed by atoms with van der Waals surface area (Å²) in [4.78, 5) is 51.5. The van der Waals surface area contributed by atoms with Gasteiger partial charge in [-0.25, -0.2) is 9.18 Å². The summed E-state index contributed by atoms with van der Waals surface area (Å²) < 4.78 is 20.9. The number of carbonyl (C=O) groups excluding carboxylic acids is 4. The zero-order chi connectivity index (χ0) is 24.1.